The van der Waals surface area contributed by atoms with Gasteiger partial charge in [-0.25, -0.2) is 4.79 Å². The summed E-state index contributed by atoms with van der Waals surface area (Å²) in [6.07, 6.45) is -1.10. The van der Waals surface area contributed by atoms with E-state index >= 15 is 0 Å². The van der Waals surface area contributed by atoms with Crippen molar-refractivity contribution in [3.8, 4) is 0 Å². The molecule has 11 heteroatoms. The number of hydrogen-bond acceptors (Lipinski definition) is 6. The number of aliphatic hydroxyl groups is 3. The number of nitrogens with zero attached hydrogens (tertiary/aromatic N) is 1. The summed E-state index contributed by atoms with van der Waals surface area (Å²) in [5, 5.41) is 34.2. The first-order valence-electron chi connectivity index (χ1n) is 13.6. The molecule has 8 nitrogen and oxygen atoms in total. The van der Waals surface area contributed by atoms with Gasteiger partial charge >= 0.3 is 5.69 Å². The molecule has 5 atom stereocenters. The first kappa shape index (κ1) is 33.4. The highest BCUT2D eigenvalue weighted by Gasteiger charge is 2.81. The molecule has 0 spiro atoms. The van der Waals surface area contributed by atoms with Gasteiger partial charge in [-0.05, 0) is 15.1 Å². The molecule has 1 aromatic rings. The summed E-state index contributed by atoms with van der Waals surface area (Å²) in [4.78, 5) is 27.4. The van der Waals surface area contributed by atoms with E-state index in [1.54, 1.807) is 0 Å². The molecule has 0 aliphatic carbocycles. The molecule has 2 rings (SSSR count). The summed E-state index contributed by atoms with van der Waals surface area (Å²) in [6.45, 7) is 30.9. The van der Waals surface area contributed by atoms with E-state index in [1.807, 2.05) is 33.9 Å². The standard InChI is InChI=1S/C27H54N2O6Si3/c1-23(2,3)36(10,11)20(31)19-26(33,37(12,13)24(4,5)6)27(34,38(14,15)25(7,8)9)21(35-19)29-17-16-18(30)28-22(29)32/h16-17,19-21,31,33-34H,1-15H3,(H,28,30,32)/t19-,20?,21-,26+,27-/m1/s1. The number of nitrogens with one attached hydrogen (secondary N) is 1. The van der Waals surface area contributed by atoms with Gasteiger partial charge < -0.3 is 20.1 Å². The smallest absolute Gasteiger partial charge is 0.330 e. The molecule has 1 aliphatic heterocycles. The Balaban J connectivity index is 3.17. The van der Waals surface area contributed by atoms with Crippen LogP contribution in [-0.2, 0) is 4.74 Å². The first-order valence-corrected chi connectivity index (χ1v) is 22.7. The van der Waals surface area contributed by atoms with E-state index in [9.17, 15) is 24.9 Å². The highest BCUT2D eigenvalue weighted by atomic mass is 28.3. The van der Waals surface area contributed by atoms with Crippen LogP contribution in [0.2, 0.25) is 54.4 Å². The van der Waals surface area contributed by atoms with Crippen molar-refractivity contribution in [2.24, 2.45) is 0 Å². The van der Waals surface area contributed by atoms with E-state index < -0.39 is 74.1 Å². The van der Waals surface area contributed by atoms with E-state index in [0.29, 0.717) is 0 Å². The summed E-state index contributed by atoms with van der Waals surface area (Å²) in [7, 11) is -8.59. The molecule has 1 aliphatic rings. The van der Waals surface area contributed by atoms with Gasteiger partial charge in [-0.1, -0.05) is 102 Å². The van der Waals surface area contributed by atoms with E-state index in [4.69, 9.17) is 4.74 Å². The number of rotatable bonds is 5. The van der Waals surface area contributed by atoms with Gasteiger partial charge in [0.1, 0.15) is 16.6 Å². The number of aromatic amines is 1. The fourth-order valence-electron chi connectivity index (χ4n) is 5.51. The van der Waals surface area contributed by atoms with Crippen molar-refractivity contribution in [1.29, 1.82) is 0 Å². The fraction of sp³-hybridized carbons (Fsp3) is 0.852. The highest BCUT2D eigenvalue weighted by molar-refractivity contribution is 6.90. The maximum absolute atomic E-state index is 13.4. The minimum absolute atomic E-state index is 0.244. The van der Waals surface area contributed by atoms with E-state index in [1.165, 1.54) is 16.8 Å². The van der Waals surface area contributed by atoms with Crippen LogP contribution in [0.3, 0.4) is 0 Å². The summed E-state index contributed by atoms with van der Waals surface area (Å²) in [5.74, 6) is 0. The SMILES string of the molecule is CC(C)(C)[Si](C)(C)C(O)[C@H]1O[C@@H](n2ccc(=O)[nH]c2=O)[C@@](O)([Si](C)(C)C(C)(C)C)[C@@]1(O)[Si](C)(C)C(C)(C)C. The van der Waals surface area contributed by atoms with Crippen molar-refractivity contribution in [3.05, 3.63) is 33.1 Å². The highest BCUT2D eigenvalue weighted by Crippen LogP contribution is 2.63. The zero-order valence-electron chi connectivity index (χ0n) is 26.4. The Morgan fingerprint density at radius 3 is 1.63 bits per heavy atom. The number of H-pyrrole nitrogens is 1. The average molecular weight is 587 g/mol. The summed E-state index contributed by atoms with van der Waals surface area (Å²) < 4.78 is 7.91. The Hall–Kier alpha value is -0.829. The molecule has 1 saturated heterocycles. The molecule has 0 aromatic carbocycles. The maximum Gasteiger partial charge on any atom is 0.330 e. The molecular weight excluding hydrogens is 533 g/mol. The monoisotopic (exact) mass is 586 g/mol. The van der Waals surface area contributed by atoms with Crippen LogP contribution >= 0.6 is 0 Å². The van der Waals surface area contributed by atoms with Crippen molar-refractivity contribution < 1.29 is 20.1 Å². The normalized spacial score (nSPS) is 29.0. The molecule has 1 unspecified atom stereocenters. The van der Waals surface area contributed by atoms with Crippen LogP contribution in [0.15, 0.2) is 21.9 Å². The average Bonchev–Trinajstić information content (AvgIpc) is 2.95. The molecule has 2 heterocycles. The Morgan fingerprint density at radius 1 is 0.842 bits per heavy atom. The van der Waals surface area contributed by atoms with Crippen molar-refractivity contribution in [1.82, 2.24) is 9.55 Å². The van der Waals surface area contributed by atoms with E-state index in [-0.39, 0.29) is 5.04 Å². The maximum atomic E-state index is 13.4. The lowest BCUT2D eigenvalue weighted by Gasteiger charge is -2.62. The first-order chi connectivity index (χ1) is 16.5. The second-order valence-corrected chi connectivity index (χ2v) is 32.7. The lowest BCUT2D eigenvalue weighted by Crippen LogP contribution is -2.83. The predicted octanol–water partition coefficient (Wildman–Crippen LogP) is 4.40. The summed E-state index contributed by atoms with van der Waals surface area (Å²) in [6, 6.07) is 1.22. The van der Waals surface area contributed by atoms with Crippen LogP contribution in [-0.4, -0.2) is 71.4 Å². The Morgan fingerprint density at radius 2 is 1.26 bits per heavy atom. The molecule has 38 heavy (non-hydrogen) atoms. The lowest BCUT2D eigenvalue weighted by atomic mass is 10.1. The Labute approximate surface area is 231 Å². The predicted molar refractivity (Wildman–Crippen MR) is 163 cm³/mol. The number of aliphatic hydroxyl groups excluding tert-OH is 1. The second-order valence-electron chi connectivity index (χ2n) is 16.1. The van der Waals surface area contributed by atoms with Crippen LogP contribution < -0.4 is 11.2 Å². The third kappa shape index (κ3) is 4.44. The van der Waals surface area contributed by atoms with Gasteiger partial charge in [0, 0.05) is 12.3 Å². The third-order valence-electron chi connectivity index (χ3n) is 11.3. The number of ether oxygens (including phenoxy) is 1. The number of aromatic nitrogens is 2. The van der Waals surface area contributed by atoms with Gasteiger partial charge in [0.25, 0.3) is 5.56 Å². The molecule has 0 saturated carbocycles. The van der Waals surface area contributed by atoms with Gasteiger partial charge in [-0.15, -0.1) is 0 Å². The van der Waals surface area contributed by atoms with Crippen molar-refractivity contribution >= 4 is 24.2 Å². The number of hydrogen-bond donors (Lipinski definition) is 4. The molecule has 1 fully saturated rings. The van der Waals surface area contributed by atoms with Crippen LogP contribution in [0.1, 0.15) is 68.5 Å². The molecule has 4 N–H and O–H groups in total. The van der Waals surface area contributed by atoms with Crippen LogP contribution in [0.5, 0.6) is 0 Å². The van der Waals surface area contributed by atoms with Crippen molar-refractivity contribution in [3.63, 3.8) is 0 Å². The largest absolute Gasteiger partial charge is 0.394 e. The molecule has 0 amide bonds. The minimum atomic E-state index is -3.03. The van der Waals surface area contributed by atoms with E-state index in [0.717, 1.165) is 0 Å². The second kappa shape index (κ2) is 9.35. The molecule has 0 radical (unpaired) electrons. The van der Waals surface area contributed by atoms with Gasteiger partial charge in [0.15, 0.2) is 6.23 Å². The molecular formula is C27H54N2O6Si3. The van der Waals surface area contributed by atoms with Crippen LogP contribution in [0, 0.1) is 0 Å². The zero-order chi connectivity index (χ0) is 30.3. The van der Waals surface area contributed by atoms with Gasteiger partial charge in [-0.2, -0.15) is 0 Å². The Bertz CT molecular complexity index is 1160. The lowest BCUT2D eigenvalue weighted by molar-refractivity contribution is -0.0782. The summed E-state index contributed by atoms with van der Waals surface area (Å²) in [5.41, 5.74) is -2.32. The molecule has 0 bridgehead atoms. The van der Waals surface area contributed by atoms with Crippen molar-refractivity contribution in [2.75, 3.05) is 0 Å². The van der Waals surface area contributed by atoms with Gasteiger partial charge in [0.2, 0.25) is 0 Å². The minimum Gasteiger partial charge on any atom is -0.394 e. The van der Waals surface area contributed by atoms with Crippen LogP contribution in [0.25, 0.3) is 0 Å². The molecule has 220 valence electrons. The van der Waals surface area contributed by atoms with Gasteiger partial charge in [0.05, 0.1) is 29.9 Å². The summed E-state index contributed by atoms with van der Waals surface area (Å²) >= 11 is 0. The third-order valence-corrected chi connectivity index (χ3v) is 29.8. The quantitative estimate of drug-likeness (QED) is 0.379. The molecule has 1 aromatic heterocycles. The zero-order valence-corrected chi connectivity index (χ0v) is 29.4. The van der Waals surface area contributed by atoms with E-state index in [2.05, 4.69) is 72.7 Å². The Kier molecular flexibility index (Phi) is 8.21. The fourth-order valence-corrected chi connectivity index (χ4v) is 15.7. The topological polar surface area (TPSA) is 125 Å². The van der Waals surface area contributed by atoms with Crippen molar-refractivity contribution in [2.45, 2.75) is 145 Å². The van der Waals surface area contributed by atoms with Gasteiger partial charge in [-0.3, -0.25) is 14.3 Å². The van der Waals surface area contributed by atoms with Crippen LogP contribution in [0.4, 0.5) is 0 Å².